The Morgan fingerprint density at radius 3 is 2.38 bits per heavy atom. The number of ether oxygens (including phenoxy) is 1. The van der Waals surface area contributed by atoms with Crippen molar-refractivity contribution >= 4 is 43.9 Å². The van der Waals surface area contributed by atoms with Crippen molar-refractivity contribution in [1.82, 2.24) is 4.57 Å². The van der Waals surface area contributed by atoms with Crippen LogP contribution in [0.3, 0.4) is 0 Å². The maximum Gasteiger partial charge on any atom is 0.244 e. The monoisotopic (exact) mass is 468 g/mol. The normalized spacial score (nSPS) is 11.4. The number of fused-ring (bicyclic) bond motifs is 1. The molecule has 0 radical (unpaired) electrons. The molecule has 32 heavy (non-hydrogen) atoms. The van der Waals surface area contributed by atoms with Gasteiger partial charge >= 0.3 is 0 Å². The summed E-state index contributed by atoms with van der Waals surface area (Å²) in [6.07, 6.45) is 1.51. The number of carbonyl (C=O) groups is 1. The van der Waals surface area contributed by atoms with Gasteiger partial charge in [-0.15, -0.1) is 0 Å². The molecule has 0 bridgehead atoms. The Bertz CT molecular complexity index is 1360. The average molecular weight is 469 g/mol. The molecule has 0 saturated carbocycles. The van der Waals surface area contributed by atoms with Gasteiger partial charge in [0, 0.05) is 27.8 Å². The number of anilines is 1. The standard InChI is InChI=1S/C24H21ClN2O4S/c1-2-31-19-11-9-18(10-12-19)26-24(28)16-27-15-23(21-5-3-4-6-22(21)27)32(29,30)20-13-7-17(25)8-14-20/h3-15H,2,16H2,1H3,(H,26,28). The lowest BCUT2D eigenvalue weighted by Gasteiger charge is -2.08. The molecule has 1 N–H and O–H groups in total. The van der Waals surface area contributed by atoms with Crippen LogP contribution in [-0.2, 0) is 21.2 Å². The Labute approximate surface area is 191 Å². The number of rotatable bonds is 7. The van der Waals surface area contributed by atoms with Gasteiger partial charge in [0.05, 0.1) is 16.4 Å². The molecule has 8 heteroatoms. The Morgan fingerprint density at radius 2 is 1.69 bits per heavy atom. The number of amides is 1. The predicted octanol–water partition coefficient (Wildman–Crippen LogP) is 5.16. The van der Waals surface area contributed by atoms with Crippen LogP contribution < -0.4 is 10.1 Å². The van der Waals surface area contributed by atoms with E-state index < -0.39 is 9.84 Å². The van der Waals surface area contributed by atoms with E-state index in [0.717, 1.165) is 5.75 Å². The molecule has 0 fully saturated rings. The Hall–Kier alpha value is -3.29. The highest BCUT2D eigenvalue weighted by atomic mass is 35.5. The van der Waals surface area contributed by atoms with Crippen molar-refractivity contribution in [2.45, 2.75) is 23.3 Å². The van der Waals surface area contributed by atoms with Crippen LogP contribution in [0, 0.1) is 0 Å². The molecule has 4 aromatic rings. The molecule has 6 nitrogen and oxygen atoms in total. The van der Waals surface area contributed by atoms with Crippen molar-refractivity contribution < 1.29 is 17.9 Å². The summed E-state index contributed by atoms with van der Waals surface area (Å²) in [7, 11) is -3.79. The number of para-hydroxylation sites is 1. The zero-order valence-electron chi connectivity index (χ0n) is 17.3. The number of sulfone groups is 1. The van der Waals surface area contributed by atoms with E-state index >= 15 is 0 Å². The summed E-state index contributed by atoms with van der Waals surface area (Å²) in [6.45, 7) is 2.43. The van der Waals surface area contributed by atoms with Crippen LogP contribution >= 0.6 is 11.6 Å². The van der Waals surface area contributed by atoms with Gasteiger partial charge in [-0.2, -0.15) is 0 Å². The van der Waals surface area contributed by atoms with Crippen LogP contribution in [0.25, 0.3) is 10.9 Å². The smallest absolute Gasteiger partial charge is 0.244 e. The largest absolute Gasteiger partial charge is 0.494 e. The molecule has 0 saturated heterocycles. The minimum absolute atomic E-state index is 0.0378. The fourth-order valence-electron chi connectivity index (χ4n) is 3.46. The molecule has 0 atom stereocenters. The molecule has 0 aliphatic rings. The van der Waals surface area contributed by atoms with Crippen molar-refractivity contribution in [3.63, 3.8) is 0 Å². The zero-order chi connectivity index (χ0) is 22.7. The average Bonchev–Trinajstić information content (AvgIpc) is 3.15. The lowest BCUT2D eigenvalue weighted by atomic mass is 10.2. The summed E-state index contributed by atoms with van der Waals surface area (Å²) in [5.41, 5.74) is 1.28. The second-order valence-electron chi connectivity index (χ2n) is 7.10. The number of hydrogen-bond acceptors (Lipinski definition) is 4. The highest BCUT2D eigenvalue weighted by Crippen LogP contribution is 2.30. The van der Waals surface area contributed by atoms with Crippen LogP contribution in [0.2, 0.25) is 5.02 Å². The van der Waals surface area contributed by atoms with Gasteiger partial charge < -0.3 is 14.6 Å². The number of hydrogen-bond donors (Lipinski definition) is 1. The van der Waals surface area contributed by atoms with E-state index in [1.54, 1.807) is 47.0 Å². The van der Waals surface area contributed by atoms with Crippen LogP contribution in [-0.4, -0.2) is 25.5 Å². The summed E-state index contributed by atoms with van der Waals surface area (Å²) in [4.78, 5) is 13.0. The maximum absolute atomic E-state index is 13.3. The third-order valence-electron chi connectivity index (χ3n) is 4.93. The van der Waals surface area contributed by atoms with Crippen molar-refractivity contribution in [3.8, 4) is 5.75 Å². The SMILES string of the molecule is CCOc1ccc(NC(=O)Cn2cc(S(=O)(=O)c3ccc(Cl)cc3)c3ccccc32)cc1. The van der Waals surface area contributed by atoms with E-state index in [1.165, 1.54) is 30.5 Å². The fourth-order valence-corrected chi connectivity index (χ4v) is 5.06. The summed E-state index contributed by atoms with van der Waals surface area (Å²) in [5.74, 6) is 0.448. The lowest BCUT2D eigenvalue weighted by molar-refractivity contribution is -0.116. The van der Waals surface area contributed by atoms with Crippen LogP contribution in [0.4, 0.5) is 5.69 Å². The topological polar surface area (TPSA) is 77.4 Å². The second-order valence-corrected chi connectivity index (χ2v) is 9.46. The van der Waals surface area contributed by atoms with Gasteiger partial charge in [0.15, 0.2) is 0 Å². The van der Waals surface area contributed by atoms with E-state index in [4.69, 9.17) is 16.3 Å². The number of benzene rings is 3. The first kappa shape index (κ1) is 21.9. The number of aromatic nitrogens is 1. The third-order valence-corrected chi connectivity index (χ3v) is 6.98. The number of carbonyl (C=O) groups excluding carboxylic acids is 1. The Balaban J connectivity index is 1.62. The molecule has 1 amide bonds. The molecule has 3 aromatic carbocycles. The van der Waals surface area contributed by atoms with Gasteiger partial charge in [-0.3, -0.25) is 4.79 Å². The first-order chi connectivity index (χ1) is 15.4. The van der Waals surface area contributed by atoms with Gasteiger partial charge in [-0.05, 0) is 61.5 Å². The molecule has 4 rings (SSSR count). The minimum Gasteiger partial charge on any atom is -0.494 e. The first-order valence-electron chi connectivity index (χ1n) is 9.99. The summed E-state index contributed by atoms with van der Waals surface area (Å²) < 4.78 is 33.6. The van der Waals surface area contributed by atoms with E-state index in [9.17, 15) is 13.2 Å². The Morgan fingerprint density at radius 1 is 1.00 bits per heavy atom. The van der Waals surface area contributed by atoms with Crippen LogP contribution in [0.1, 0.15) is 6.92 Å². The quantitative estimate of drug-likeness (QED) is 0.406. The number of nitrogens with one attached hydrogen (secondary N) is 1. The highest BCUT2D eigenvalue weighted by molar-refractivity contribution is 7.91. The molecule has 164 valence electrons. The fraction of sp³-hybridized carbons (Fsp3) is 0.125. The lowest BCUT2D eigenvalue weighted by Crippen LogP contribution is -2.18. The Kier molecular flexibility index (Phi) is 6.21. The van der Waals surface area contributed by atoms with Crippen molar-refractivity contribution in [1.29, 1.82) is 0 Å². The van der Waals surface area contributed by atoms with Crippen molar-refractivity contribution in [3.05, 3.63) is 84.0 Å². The van der Waals surface area contributed by atoms with Crippen LogP contribution in [0.5, 0.6) is 5.75 Å². The molecule has 0 aliphatic heterocycles. The number of halogens is 1. The van der Waals surface area contributed by atoms with E-state index in [-0.39, 0.29) is 22.2 Å². The van der Waals surface area contributed by atoms with E-state index in [1.807, 2.05) is 13.0 Å². The van der Waals surface area contributed by atoms with Gasteiger partial charge in [-0.25, -0.2) is 8.42 Å². The molecule has 0 aliphatic carbocycles. The molecular formula is C24H21ClN2O4S. The van der Waals surface area contributed by atoms with Crippen molar-refractivity contribution in [2.24, 2.45) is 0 Å². The minimum atomic E-state index is -3.79. The van der Waals surface area contributed by atoms with Crippen LogP contribution in [0.15, 0.2) is 88.8 Å². The molecule has 1 heterocycles. The predicted molar refractivity (Wildman–Crippen MR) is 125 cm³/mol. The maximum atomic E-state index is 13.3. The number of nitrogens with zero attached hydrogens (tertiary/aromatic N) is 1. The summed E-state index contributed by atoms with van der Waals surface area (Å²) in [5, 5.41) is 3.84. The summed E-state index contributed by atoms with van der Waals surface area (Å²) in [6, 6.07) is 20.2. The summed E-state index contributed by atoms with van der Waals surface area (Å²) >= 11 is 5.90. The van der Waals surface area contributed by atoms with Gasteiger partial charge in [0.2, 0.25) is 15.7 Å². The van der Waals surface area contributed by atoms with Crippen molar-refractivity contribution in [2.75, 3.05) is 11.9 Å². The second kappa shape index (κ2) is 9.06. The van der Waals surface area contributed by atoms with Gasteiger partial charge in [0.25, 0.3) is 0 Å². The first-order valence-corrected chi connectivity index (χ1v) is 11.9. The zero-order valence-corrected chi connectivity index (χ0v) is 18.9. The van der Waals surface area contributed by atoms with Gasteiger partial charge in [-0.1, -0.05) is 29.8 Å². The van der Waals surface area contributed by atoms with E-state index in [2.05, 4.69) is 5.32 Å². The van der Waals surface area contributed by atoms with E-state index in [0.29, 0.717) is 28.2 Å². The van der Waals surface area contributed by atoms with Gasteiger partial charge in [0.1, 0.15) is 12.3 Å². The highest BCUT2D eigenvalue weighted by Gasteiger charge is 2.24. The molecule has 0 unspecified atom stereocenters. The third kappa shape index (κ3) is 4.49. The molecule has 1 aromatic heterocycles. The molecular weight excluding hydrogens is 448 g/mol. The molecule has 0 spiro atoms.